The number of carbonyl (C=O) groups is 1. The van der Waals surface area contributed by atoms with Crippen molar-refractivity contribution < 1.29 is 19.4 Å². The third-order valence-corrected chi connectivity index (χ3v) is 1.49. The molecule has 0 spiro atoms. The Morgan fingerprint density at radius 3 is 2.47 bits per heavy atom. The van der Waals surface area contributed by atoms with Crippen molar-refractivity contribution in [2.45, 2.75) is 26.1 Å². The zero-order chi connectivity index (χ0) is 11.8. The summed E-state index contributed by atoms with van der Waals surface area (Å²) < 4.78 is 9.55. The molecule has 1 atom stereocenters. The number of hydrogen-bond acceptors (Lipinski definition) is 4. The first-order valence-electron chi connectivity index (χ1n) is 4.41. The Morgan fingerprint density at radius 2 is 2.00 bits per heavy atom. The first-order chi connectivity index (χ1) is 6.91. The molecule has 0 rings (SSSR count). The number of esters is 1. The van der Waals surface area contributed by atoms with Crippen LogP contribution in [0.2, 0.25) is 0 Å². The van der Waals surface area contributed by atoms with Gasteiger partial charge in [0.15, 0.2) is 0 Å². The number of rotatable bonds is 6. The summed E-state index contributed by atoms with van der Waals surface area (Å²) >= 11 is 10.5. The fraction of sp³-hybridized carbons (Fsp3) is 0.667. The largest absolute Gasteiger partial charge is 0.460 e. The van der Waals surface area contributed by atoms with Crippen molar-refractivity contribution in [3.8, 4) is 0 Å². The second-order valence-corrected chi connectivity index (χ2v) is 4.11. The highest BCUT2D eigenvalue weighted by atomic mass is 35.5. The predicted molar refractivity (Wildman–Crippen MR) is 57.8 cm³/mol. The maximum atomic E-state index is 10.9. The molecule has 0 aliphatic rings. The molecule has 0 aromatic rings. The Balaban J connectivity index is 3.66. The van der Waals surface area contributed by atoms with E-state index in [0.29, 0.717) is 0 Å². The van der Waals surface area contributed by atoms with Crippen molar-refractivity contribution in [3.63, 3.8) is 0 Å². The van der Waals surface area contributed by atoms with Gasteiger partial charge in [-0.2, -0.15) is 0 Å². The van der Waals surface area contributed by atoms with Gasteiger partial charge in [-0.15, -0.1) is 0 Å². The molecular formula is C9H14Cl2O4. The molecule has 0 aliphatic heterocycles. The van der Waals surface area contributed by atoms with Gasteiger partial charge in [-0.05, 0) is 13.8 Å². The van der Waals surface area contributed by atoms with Gasteiger partial charge >= 0.3 is 5.97 Å². The molecule has 0 bridgehead atoms. The number of ether oxygens (including phenoxy) is 2. The molecule has 15 heavy (non-hydrogen) atoms. The van der Waals surface area contributed by atoms with Gasteiger partial charge in [0.25, 0.3) is 0 Å². The Hall–Kier alpha value is -0.290. The van der Waals surface area contributed by atoms with Crippen molar-refractivity contribution in [1.29, 1.82) is 0 Å². The molecule has 0 aromatic heterocycles. The molecule has 1 N–H and O–H groups in total. The standard InChI is InChI=1S/C9H14Cl2O4/c1-6(2)14-4-7(12)5-15-9(13)3-8(10)11/h3,6-7,12H,4-5H2,1-2H3. The van der Waals surface area contributed by atoms with Crippen LogP contribution in [-0.4, -0.2) is 36.5 Å². The van der Waals surface area contributed by atoms with E-state index in [-0.39, 0.29) is 23.8 Å². The second-order valence-electron chi connectivity index (χ2n) is 3.10. The normalized spacial score (nSPS) is 12.4. The van der Waals surface area contributed by atoms with Gasteiger partial charge in [-0.25, -0.2) is 4.79 Å². The molecule has 0 aromatic carbocycles. The van der Waals surface area contributed by atoms with Crippen molar-refractivity contribution in [1.82, 2.24) is 0 Å². The first-order valence-corrected chi connectivity index (χ1v) is 5.16. The molecule has 0 saturated heterocycles. The van der Waals surface area contributed by atoms with Gasteiger partial charge in [-0.1, -0.05) is 23.2 Å². The van der Waals surface area contributed by atoms with E-state index in [1.807, 2.05) is 13.8 Å². The third-order valence-electron chi connectivity index (χ3n) is 1.27. The van der Waals surface area contributed by atoms with E-state index < -0.39 is 12.1 Å². The van der Waals surface area contributed by atoms with Crippen LogP contribution < -0.4 is 0 Å². The SMILES string of the molecule is CC(C)OCC(O)COC(=O)C=C(Cl)Cl. The average Bonchev–Trinajstić information content (AvgIpc) is 2.10. The molecule has 0 aliphatic carbocycles. The lowest BCUT2D eigenvalue weighted by molar-refractivity contribution is -0.142. The van der Waals surface area contributed by atoms with Crippen molar-refractivity contribution in [3.05, 3.63) is 10.6 Å². The van der Waals surface area contributed by atoms with Gasteiger partial charge in [0.1, 0.15) is 17.2 Å². The number of carbonyl (C=O) groups excluding carboxylic acids is 1. The molecule has 0 fully saturated rings. The summed E-state index contributed by atoms with van der Waals surface area (Å²) in [6.07, 6.45) is 0.0884. The minimum absolute atomic E-state index is 0.0209. The van der Waals surface area contributed by atoms with Crippen molar-refractivity contribution in [2.75, 3.05) is 13.2 Å². The van der Waals surface area contributed by atoms with Gasteiger partial charge in [0.2, 0.25) is 0 Å². The Labute approximate surface area is 98.8 Å². The summed E-state index contributed by atoms with van der Waals surface area (Å²) in [5.74, 6) is -0.696. The zero-order valence-corrected chi connectivity index (χ0v) is 10.1. The fourth-order valence-electron chi connectivity index (χ4n) is 0.661. The summed E-state index contributed by atoms with van der Waals surface area (Å²) in [7, 11) is 0. The lowest BCUT2D eigenvalue weighted by atomic mass is 10.4. The molecule has 6 heteroatoms. The van der Waals surface area contributed by atoms with Crippen LogP contribution in [0.1, 0.15) is 13.8 Å². The van der Waals surface area contributed by atoms with Crippen molar-refractivity contribution >= 4 is 29.2 Å². The van der Waals surface area contributed by atoms with E-state index >= 15 is 0 Å². The highest BCUT2D eigenvalue weighted by Crippen LogP contribution is 2.06. The monoisotopic (exact) mass is 256 g/mol. The third kappa shape index (κ3) is 10.0. The van der Waals surface area contributed by atoms with Crippen LogP contribution >= 0.6 is 23.2 Å². The van der Waals surface area contributed by atoms with Crippen LogP contribution in [0.25, 0.3) is 0 Å². The van der Waals surface area contributed by atoms with E-state index in [1.54, 1.807) is 0 Å². The molecule has 1 unspecified atom stereocenters. The Morgan fingerprint density at radius 1 is 1.40 bits per heavy atom. The van der Waals surface area contributed by atoms with Crippen LogP contribution in [-0.2, 0) is 14.3 Å². The highest BCUT2D eigenvalue weighted by molar-refractivity contribution is 6.56. The number of aliphatic hydroxyl groups is 1. The van der Waals surface area contributed by atoms with Gasteiger partial charge < -0.3 is 14.6 Å². The number of hydrogen-bond donors (Lipinski definition) is 1. The Bertz CT molecular complexity index is 224. The summed E-state index contributed by atoms with van der Waals surface area (Å²) in [6, 6.07) is 0. The molecule has 0 amide bonds. The fourth-order valence-corrected chi connectivity index (χ4v) is 0.839. The minimum atomic E-state index is -0.848. The quantitative estimate of drug-likeness (QED) is 0.580. The predicted octanol–water partition coefficient (Wildman–Crippen LogP) is 1.63. The average molecular weight is 257 g/mol. The van der Waals surface area contributed by atoms with Crippen LogP contribution in [0.5, 0.6) is 0 Å². The van der Waals surface area contributed by atoms with E-state index in [2.05, 4.69) is 4.74 Å². The van der Waals surface area contributed by atoms with Crippen molar-refractivity contribution in [2.24, 2.45) is 0 Å². The van der Waals surface area contributed by atoms with Crippen LogP contribution in [0, 0.1) is 0 Å². The minimum Gasteiger partial charge on any atom is -0.460 e. The zero-order valence-electron chi connectivity index (χ0n) is 8.57. The maximum Gasteiger partial charge on any atom is 0.333 e. The number of aliphatic hydroxyl groups excluding tert-OH is 1. The topological polar surface area (TPSA) is 55.8 Å². The summed E-state index contributed by atoms with van der Waals surface area (Å²) in [5, 5.41) is 9.29. The molecule has 0 radical (unpaired) electrons. The van der Waals surface area contributed by atoms with E-state index in [1.165, 1.54) is 0 Å². The molecule has 88 valence electrons. The van der Waals surface area contributed by atoms with Crippen LogP contribution in [0.15, 0.2) is 10.6 Å². The Kier molecular flexibility index (Phi) is 7.78. The number of halogens is 2. The lowest BCUT2D eigenvalue weighted by Gasteiger charge is -2.12. The smallest absolute Gasteiger partial charge is 0.333 e. The molecule has 0 saturated carbocycles. The summed E-state index contributed by atoms with van der Waals surface area (Å²) in [5.41, 5.74) is 0. The van der Waals surface area contributed by atoms with Crippen LogP contribution in [0.3, 0.4) is 0 Å². The van der Waals surface area contributed by atoms with E-state index in [0.717, 1.165) is 6.08 Å². The van der Waals surface area contributed by atoms with Crippen LogP contribution in [0.4, 0.5) is 0 Å². The maximum absolute atomic E-state index is 10.9. The highest BCUT2D eigenvalue weighted by Gasteiger charge is 2.08. The van der Waals surface area contributed by atoms with E-state index in [4.69, 9.17) is 27.9 Å². The van der Waals surface area contributed by atoms with Gasteiger partial charge in [0.05, 0.1) is 18.8 Å². The molecule has 0 heterocycles. The van der Waals surface area contributed by atoms with E-state index in [9.17, 15) is 9.90 Å². The first kappa shape index (κ1) is 14.7. The van der Waals surface area contributed by atoms with Gasteiger partial charge in [-0.3, -0.25) is 0 Å². The molecular weight excluding hydrogens is 243 g/mol. The van der Waals surface area contributed by atoms with Gasteiger partial charge in [0, 0.05) is 0 Å². The lowest BCUT2D eigenvalue weighted by Crippen LogP contribution is -2.24. The molecule has 4 nitrogen and oxygen atoms in total. The second kappa shape index (κ2) is 7.93. The summed E-state index contributed by atoms with van der Waals surface area (Å²) in [4.78, 5) is 10.9. The summed E-state index contributed by atoms with van der Waals surface area (Å²) in [6.45, 7) is 3.65.